The number of carbonyl (C=O) groups excluding carboxylic acids is 1. The van der Waals surface area contributed by atoms with Crippen LogP contribution in [0, 0.1) is 0 Å². The van der Waals surface area contributed by atoms with Crippen molar-refractivity contribution in [1.29, 1.82) is 0 Å². The molecule has 1 unspecified atom stereocenters. The lowest BCUT2D eigenvalue weighted by atomic mass is 9.94. The Balaban J connectivity index is 2.06. The van der Waals surface area contributed by atoms with E-state index in [1.807, 2.05) is 0 Å². The Morgan fingerprint density at radius 1 is 1.00 bits per heavy atom. The SMILES string of the molecule is O=C1CC(F)(c2ccccc2)Oc2ccccc21. The zero-order chi connectivity index (χ0) is 12.6. The van der Waals surface area contributed by atoms with Crippen LogP contribution in [0.2, 0.25) is 0 Å². The van der Waals surface area contributed by atoms with Gasteiger partial charge in [0.2, 0.25) is 0 Å². The highest BCUT2D eigenvalue weighted by Gasteiger charge is 2.42. The zero-order valence-corrected chi connectivity index (χ0v) is 9.60. The number of fused-ring (bicyclic) bond motifs is 1. The van der Waals surface area contributed by atoms with Crippen LogP contribution in [0.25, 0.3) is 0 Å². The first-order chi connectivity index (χ1) is 8.69. The van der Waals surface area contributed by atoms with Gasteiger partial charge in [0.05, 0.1) is 12.0 Å². The van der Waals surface area contributed by atoms with Gasteiger partial charge in [-0.3, -0.25) is 4.79 Å². The minimum Gasteiger partial charge on any atom is -0.452 e. The predicted molar refractivity (Wildman–Crippen MR) is 65.2 cm³/mol. The number of alkyl halides is 1. The molecule has 18 heavy (non-hydrogen) atoms. The monoisotopic (exact) mass is 242 g/mol. The number of hydrogen-bond acceptors (Lipinski definition) is 2. The maximum absolute atomic E-state index is 14.8. The highest BCUT2D eigenvalue weighted by molar-refractivity contribution is 6.00. The fourth-order valence-electron chi connectivity index (χ4n) is 2.15. The van der Waals surface area contributed by atoms with E-state index in [-0.39, 0.29) is 12.2 Å². The van der Waals surface area contributed by atoms with Gasteiger partial charge in [0, 0.05) is 5.56 Å². The van der Waals surface area contributed by atoms with Crippen LogP contribution in [-0.4, -0.2) is 5.78 Å². The molecule has 0 amide bonds. The average Bonchev–Trinajstić information content (AvgIpc) is 2.40. The normalized spacial score (nSPS) is 22.2. The Morgan fingerprint density at radius 3 is 2.44 bits per heavy atom. The number of halogens is 1. The molecule has 2 nitrogen and oxygen atoms in total. The molecule has 3 heteroatoms. The van der Waals surface area contributed by atoms with E-state index >= 15 is 0 Å². The second kappa shape index (κ2) is 3.95. The molecule has 0 saturated heterocycles. The third-order valence-electron chi connectivity index (χ3n) is 3.05. The van der Waals surface area contributed by atoms with Gasteiger partial charge in [0.1, 0.15) is 5.75 Å². The Labute approximate surface area is 104 Å². The highest BCUT2D eigenvalue weighted by atomic mass is 19.2. The second-order valence-corrected chi connectivity index (χ2v) is 4.29. The van der Waals surface area contributed by atoms with E-state index in [0.717, 1.165) is 0 Å². The van der Waals surface area contributed by atoms with Crippen LogP contribution in [-0.2, 0) is 5.85 Å². The molecule has 0 saturated carbocycles. The molecule has 0 aliphatic carbocycles. The molecule has 1 aliphatic rings. The van der Waals surface area contributed by atoms with Crippen molar-refractivity contribution >= 4 is 5.78 Å². The molecule has 1 atom stereocenters. The summed E-state index contributed by atoms with van der Waals surface area (Å²) in [6.45, 7) is 0. The van der Waals surface area contributed by atoms with Gasteiger partial charge in [0.25, 0.3) is 5.85 Å². The predicted octanol–water partition coefficient (Wildman–Crippen LogP) is 3.47. The summed E-state index contributed by atoms with van der Waals surface area (Å²) in [7, 11) is 0. The molecule has 0 bridgehead atoms. The zero-order valence-electron chi connectivity index (χ0n) is 9.60. The van der Waals surface area contributed by atoms with Gasteiger partial charge in [0.15, 0.2) is 5.78 Å². The number of benzene rings is 2. The third-order valence-corrected chi connectivity index (χ3v) is 3.05. The van der Waals surface area contributed by atoms with Gasteiger partial charge >= 0.3 is 0 Å². The van der Waals surface area contributed by atoms with Crippen molar-refractivity contribution in [1.82, 2.24) is 0 Å². The van der Waals surface area contributed by atoms with E-state index in [1.165, 1.54) is 0 Å². The molecule has 0 radical (unpaired) electrons. The minimum absolute atomic E-state index is 0.233. The van der Waals surface area contributed by atoms with Gasteiger partial charge in [-0.1, -0.05) is 42.5 Å². The molecule has 2 aromatic carbocycles. The van der Waals surface area contributed by atoms with Crippen LogP contribution in [0.5, 0.6) is 5.75 Å². The van der Waals surface area contributed by atoms with Crippen LogP contribution in [0.15, 0.2) is 54.6 Å². The van der Waals surface area contributed by atoms with E-state index in [1.54, 1.807) is 54.6 Å². The molecule has 2 aromatic rings. The maximum Gasteiger partial charge on any atom is 0.281 e. The van der Waals surface area contributed by atoms with Crippen molar-refractivity contribution in [3.8, 4) is 5.75 Å². The Kier molecular flexibility index (Phi) is 2.40. The first-order valence-electron chi connectivity index (χ1n) is 5.75. The summed E-state index contributed by atoms with van der Waals surface area (Å²) < 4.78 is 20.2. The number of hydrogen-bond donors (Lipinski definition) is 0. The lowest BCUT2D eigenvalue weighted by Crippen LogP contribution is -2.35. The van der Waals surface area contributed by atoms with Crippen LogP contribution >= 0.6 is 0 Å². The summed E-state index contributed by atoms with van der Waals surface area (Å²) in [4.78, 5) is 12.0. The second-order valence-electron chi connectivity index (χ2n) is 4.29. The van der Waals surface area contributed by atoms with Crippen LogP contribution < -0.4 is 4.74 Å². The Morgan fingerprint density at radius 2 is 1.67 bits per heavy atom. The summed E-state index contributed by atoms with van der Waals surface area (Å²) in [5.74, 6) is -1.99. The molecule has 1 aliphatic heterocycles. The first-order valence-corrected chi connectivity index (χ1v) is 5.75. The average molecular weight is 242 g/mol. The number of ketones is 1. The van der Waals surface area contributed by atoms with Gasteiger partial charge in [-0.15, -0.1) is 0 Å². The van der Waals surface area contributed by atoms with Crippen LogP contribution in [0.1, 0.15) is 22.3 Å². The van der Waals surface area contributed by atoms with Gasteiger partial charge in [-0.05, 0) is 12.1 Å². The van der Waals surface area contributed by atoms with Crippen molar-refractivity contribution < 1.29 is 13.9 Å². The fraction of sp³-hybridized carbons (Fsp3) is 0.133. The van der Waals surface area contributed by atoms with E-state index in [9.17, 15) is 9.18 Å². The lowest BCUT2D eigenvalue weighted by molar-refractivity contribution is -0.0744. The minimum atomic E-state index is -2.06. The van der Waals surface area contributed by atoms with Crippen LogP contribution in [0.4, 0.5) is 4.39 Å². The largest absolute Gasteiger partial charge is 0.452 e. The lowest BCUT2D eigenvalue weighted by Gasteiger charge is -2.31. The Bertz CT molecular complexity index is 594. The van der Waals surface area contributed by atoms with Crippen molar-refractivity contribution in [2.45, 2.75) is 12.3 Å². The van der Waals surface area contributed by atoms with Crippen molar-refractivity contribution in [3.05, 3.63) is 65.7 Å². The van der Waals surface area contributed by atoms with Crippen molar-refractivity contribution in [2.24, 2.45) is 0 Å². The highest BCUT2D eigenvalue weighted by Crippen LogP contribution is 2.40. The number of Topliss-reactive ketones (excluding diaryl/α,β-unsaturated/α-hetero) is 1. The number of ether oxygens (including phenoxy) is 1. The van der Waals surface area contributed by atoms with Crippen molar-refractivity contribution in [2.75, 3.05) is 0 Å². The molecular weight excluding hydrogens is 231 g/mol. The molecule has 3 rings (SSSR count). The summed E-state index contributed by atoms with van der Waals surface area (Å²) in [6.07, 6.45) is -0.284. The quantitative estimate of drug-likeness (QED) is 0.765. The van der Waals surface area contributed by atoms with Gasteiger partial charge < -0.3 is 4.74 Å². The number of carbonyl (C=O) groups is 1. The standard InChI is InChI=1S/C15H11FO2/c16-15(11-6-2-1-3-7-11)10-13(17)12-8-4-5-9-14(12)18-15/h1-9H,10H2. The number of para-hydroxylation sites is 1. The Hall–Kier alpha value is -2.16. The smallest absolute Gasteiger partial charge is 0.281 e. The maximum atomic E-state index is 14.8. The van der Waals surface area contributed by atoms with E-state index in [2.05, 4.69) is 0 Å². The van der Waals surface area contributed by atoms with E-state index in [0.29, 0.717) is 16.9 Å². The van der Waals surface area contributed by atoms with Crippen molar-refractivity contribution in [3.63, 3.8) is 0 Å². The van der Waals surface area contributed by atoms with Crippen LogP contribution in [0.3, 0.4) is 0 Å². The number of rotatable bonds is 1. The summed E-state index contributed by atoms with van der Waals surface area (Å²) in [5, 5.41) is 0. The molecule has 0 fully saturated rings. The summed E-state index contributed by atoms with van der Waals surface area (Å²) in [5.41, 5.74) is 0.814. The summed E-state index contributed by atoms with van der Waals surface area (Å²) in [6, 6.07) is 15.2. The first kappa shape index (κ1) is 11.0. The molecular formula is C15H11FO2. The van der Waals surface area contributed by atoms with E-state index in [4.69, 9.17) is 4.74 Å². The molecule has 0 aromatic heterocycles. The molecule has 1 heterocycles. The molecule has 0 spiro atoms. The third kappa shape index (κ3) is 1.68. The van der Waals surface area contributed by atoms with Gasteiger partial charge in [-0.25, -0.2) is 0 Å². The van der Waals surface area contributed by atoms with E-state index < -0.39 is 5.85 Å². The molecule has 0 N–H and O–H groups in total. The summed E-state index contributed by atoms with van der Waals surface area (Å²) >= 11 is 0. The topological polar surface area (TPSA) is 26.3 Å². The molecule has 90 valence electrons. The van der Waals surface area contributed by atoms with Gasteiger partial charge in [-0.2, -0.15) is 4.39 Å². The fourth-order valence-corrected chi connectivity index (χ4v) is 2.15.